The van der Waals surface area contributed by atoms with Gasteiger partial charge < -0.3 is 10.2 Å². The van der Waals surface area contributed by atoms with Crippen LogP contribution in [-0.4, -0.2) is 37.0 Å². The Balaban J connectivity index is 2.57. The van der Waals surface area contributed by atoms with Gasteiger partial charge in [0, 0.05) is 23.2 Å². The first-order chi connectivity index (χ1) is 8.00. The van der Waals surface area contributed by atoms with Crippen molar-refractivity contribution in [1.29, 1.82) is 0 Å². The van der Waals surface area contributed by atoms with Gasteiger partial charge in [0.25, 0.3) is 5.69 Å². The van der Waals surface area contributed by atoms with E-state index in [1.807, 2.05) is 14.1 Å². The molecule has 0 aromatic heterocycles. The van der Waals surface area contributed by atoms with Gasteiger partial charge in [-0.2, -0.15) is 0 Å². The molecule has 0 fully saturated rings. The Labute approximate surface area is 109 Å². The summed E-state index contributed by atoms with van der Waals surface area (Å²) in [6.45, 7) is 1.78. The number of benzene rings is 1. The number of nitrogens with one attached hydrogen (secondary N) is 1. The zero-order valence-electron chi connectivity index (χ0n) is 9.94. The quantitative estimate of drug-likeness (QED) is 0.499. The Morgan fingerprint density at radius 1 is 1.47 bits per heavy atom. The third-order valence-electron chi connectivity index (χ3n) is 2.26. The van der Waals surface area contributed by atoms with E-state index in [0.29, 0.717) is 0 Å². The second-order valence-corrected chi connectivity index (χ2v) is 4.86. The highest BCUT2D eigenvalue weighted by Crippen LogP contribution is 2.26. The Kier molecular flexibility index (Phi) is 5.37. The minimum absolute atomic E-state index is 0.100. The maximum atomic E-state index is 10.6. The minimum atomic E-state index is -0.391. The van der Waals surface area contributed by atoms with Gasteiger partial charge in [-0.05, 0) is 49.1 Å². The molecule has 0 saturated carbocycles. The van der Waals surface area contributed by atoms with Crippen molar-refractivity contribution >= 4 is 27.3 Å². The number of nitro groups is 1. The highest BCUT2D eigenvalue weighted by molar-refractivity contribution is 9.10. The number of nitrogens with zero attached hydrogens (tertiary/aromatic N) is 2. The molecule has 0 unspecified atom stereocenters. The number of rotatable bonds is 6. The molecule has 1 aromatic rings. The van der Waals surface area contributed by atoms with E-state index in [1.54, 1.807) is 12.1 Å². The lowest BCUT2D eigenvalue weighted by Gasteiger charge is -2.11. The normalized spacial score (nSPS) is 10.6. The first-order valence-corrected chi connectivity index (χ1v) is 6.12. The van der Waals surface area contributed by atoms with Gasteiger partial charge in [0.2, 0.25) is 0 Å². The molecular weight excluding hydrogens is 286 g/mol. The van der Waals surface area contributed by atoms with E-state index in [9.17, 15) is 10.1 Å². The standard InChI is InChI=1S/C11H16BrN3O2/c1-14(2)7-3-6-13-11-8-9(15(16)17)4-5-10(11)12/h4-5,8,13H,3,6-7H2,1-2H3. The molecule has 0 atom stereocenters. The van der Waals surface area contributed by atoms with Gasteiger partial charge in [0.05, 0.1) is 10.6 Å². The zero-order valence-corrected chi connectivity index (χ0v) is 11.5. The van der Waals surface area contributed by atoms with Gasteiger partial charge in [0.15, 0.2) is 0 Å². The van der Waals surface area contributed by atoms with Crippen molar-refractivity contribution in [3.8, 4) is 0 Å². The number of anilines is 1. The number of non-ortho nitro benzene ring substituents is 1. The molecule has 0 aliphatic rings. The van der Waals surface area contributed by atoms with Gasteiger partial charge in [-0.15, -0.1) is 0 Å². The van der Waals surface area contributed by atoms with E-state index < -0.39 is 4.92 Å². The largest absolute Gasteiger partial charge is 0.384 e. The summed E-state index contributed by atoms with van der Waals surface area (Å²) in [6, 6.07) is 4.71. The summed E-state index contributed by atoms with van der Waals surface area (Å²) in [7, 11) is 4.03. The highest BCUT2D eigenvalue weighted by Gasteiger charge is 2.08. The Morgan fingerprint density at radius 2 is 2.18 bits per heavy atom. The molecule has 0 bridgehead atoms. The van der Waals surface area contributed by atoms with Crippen molar-refractivity contribution in [3.63, 3.8) is 0 Å². The van der Waals surface area contributed by atoms with E-state index in [1.165, 1.54) is 6.07 Å². The number of halogens is 1. The molecule has 0 aliphatic carbocycles. The van der Waals surface area contributed by atoms with Gasteiger partial charge in [-0.3, -0.25) is 10.1 Å². The first kappa shape index (κ1) is 13.9. The summed E-state index contributed by atoms with van der Waals surface area (Å²) < 4.78 is 0.841. The molecule has 1 rings (SSSR count). The molecule has 0 aliphatic heterocycles. The lowest BCUT2D eigenvalue weighted by molar-refractivity contribution is -0.384. The smallest absolute Gasteiger partial charge is 0.271 e. The maximum Gasteiger partial charge on any atom is 0.271 e. The Hall–Kier alpha value is -1.14. The van der Waals surface area contributed by atoms with Crippen LogP contribution >= 0.6 is 15.9 Å². The van der Waals surface area contributed by atoms with Crippen molar-refractivity contribution in [3.05, 3.63) is 32.8 Å². The fraction of sp³-hybridized carbons (Fsp3) is 0.455. The predicted octanol–water partition coefficient (Wildman–Crippen LogP) is 2.72. The van der Waals surface area contributed by atoms with Gasteiger partial charge in [-0.25, -0.2) is 0 Å². The Morgan fingerprint density at radius 3 is 2.76 bits per heavy atom. The van der Waals surface area contributed by atoms with Crippen LogP contribution in [0.1, 0.15) is 6.42 Å². The van der Waals surface area contributed by atoms with Crippen molar-refractivity contribution in [2.45, 2.75) is 6.42 Å². The zero-order chi connectivity index (χ0) is 12.8. The number of hydrogen-bond donors (Lipinski definition) is 1. The highest BCUT2D eigenvalue weighted by atomic mass is 79.9. The van der Waals surface area contributed by atoms with Crippen molar-refractivity contribution in [2.75, 3.05) is 32.5 Å². The van der Waals surface area contributed by atoms with Crippen LogP contribution in [0.25, 0.3) is 0 Å². The molecule has 6 heteroatoms. The van der Waals surface area contributed by atoms with Crippen molar-refractivity contribution in [1.82, 2.24) is 4.90 Å². The fourth-order valence-electron chi connectivity index (χ4n) is 1.38. The molecule has 1 aromatic carbocycles. The van der Waals surface area contributed by atoms with Crippen molar-refractivity contribution in [2.24, 2.45) is 0 Å². The van der Waals surface area contributed by atoms with E-state index in [2.05, 4.69) is 26.1 Å². The first-order valence-electron chi connectivity index (χ1n) is 5.33. The van der Waals surface area contributed by atoms with Crippen LogP contribution in [0.15, 0.2) is 22.7 Å². The molecule has 17 heavy (non-hydrogen) atoms. The molecule has 5 nitrogen and oxygen atoms in total. The monoisotopic (exact) mass is 301 g/mol. The molecule has 0 heterocycles. The van der Waals surface area contributed by atoms with Gasteiger partial charge in [-0.1, -0.05) is 0 Å². The Bertz CT molecular complexity index is 396. The number of hydrogen-bond acceptors (Lipinski definition) is 4. The van der Waals surface area contributed by atoms with Crippen LogP contribution in [-0.2, 0) is 0 Å². The lowest BCUT2D eigenvalue weighted by Crippen LogP contribution is -2.16. The molecule has 0 saturated heterocycles. The van der Waals surface area contributed by atoms with Crippen LogP contribution in [0.5, 0.6) is 0 Å². The van der Waals surface area contributed by atoms with E-state index >= 15 is 0 Å². The molecular formula is C11H16BrN3O2. The van der Waals surface area contributed by atoms with Crippen LogP contribution in [0, 0.1) is 10.1 Å². The molecule has 0 spiro atoms. The molecule has 0 radical (unpaired) electrons. The summed E-state index contributed by atoms with van der Waals surface area (Å²) in [6.07, 6.45) is 0.988. The van der Waals surface area contributed by atoms with Crippen LogP contribution in [0.2, 0.25) is 0 Å². The van der Waals surface area contributed by atoms with Gasteiger partial charge >= 0.3 is 0 Å². The number of nitro benzene ring substituents is 1. The SMILES string of the molecule is CN(C)CCCNc1cc([N+](=O)[O-])ccc1Br. The lowest BCUT2D eigenvalue weighted by atomic mass is 10.2. The van der Waals surface area contributed by atoms with Crippen LogP contribution < -0.4 is 5.32 Å². The summed E-state index contributed by atoms with van der Waals surface area (Å²) in [5.74, 6) is 0. The summed E-state index contributed by atoms with van der Waals surface area (Å²) in [5.41, 5.74) is 0.862. The third kappa shape index (κ3) is 4.70. The molecule has 0 amide bonds. The van der Waals surface area contributed by atoms with E-state index in [-0.39, 0.29) is 5.69 Å². The third-order valence-corrected chi connectivity index (χ3v) is 2.95. The van der Waals surface area contributed by atoms with E-state index in [0.717, 1.165) is 29.7 Å². The second kappa shape index (κ2) is 6.56. The molecule has 94 valence electrons. The summed E-state index contributed by atoms with van der Waals surface area (Å²) in [5, 5.41) is 13.8. The van der Waals surface area contributed by atoms with Crippen LogP contribution in [0.4, 0.5) is 11.4 Å². The average Bonchev–Trinajstić information content (AvgIpc) is 2.25. The minimum Gasteiger partial charge on any atom is -0.384 e. The second-order valence-electron chi connectivity index (χ2n) is 4.00. The van der Waals surface area contributed by atoms with Crippen molar-refractivity contribution < 1.29 is 4.92 Å². The topological polar surface area (TPSA) is 58.4 Å². The predicted molar refractivity (Wildman–Crippen MR) is 72.5 cm³/mol. The van der Waals surface area contributed by atoms with Crippen LogP contribution in [0.3, 0.4) is 0 Å². The summed E-state index contributed by atoms with van der Waals surface area (Å²) >= 11 is 3.37. The average molecular weight is 302 g/mol. The maximum absolute atomic E-state index is 10.6. The van der Waals surface area contributed by atoms with Gasteiger partial charge in [0.1, 0.15) is 0 Å². The fourth-order valence-corrected chi connectivity index (χ4v) is 1.77. The van der Waals surface area contributed by atoms with E-state index in [4.69, 9.17) is 0 Å². The summed E-state index contributed by atoms with van der Waals surface area (Å²) in [4.78, 5) is 12.3. The molecule has 1 N–H and O–H groups in total.